The molecule has 7 N–H and O–H groups in total. The number of aromatic amines is 1. The Bertz CT molecular complexity index is 1180. The zero-order valence-electron chi connectivity index (χ0n) is 18.1. The minimum absolute atomic E-state index is 0.215. The van der Waals surface area contributed by atoms with E-state index in [1.54, 1.807) is 37.4 Å². The number of amides is 3. The molecule has 0 fully saturated rings. The smallest absolute Gasteiger partial charge is 0.490 e. The number of anilines is 3. The highest BCUT2D eigenvalue weighted by atomic mass is 19.4. The number of methoxy groups -OCH3 is 1. The van der Waals surface area contributed by atoms with E-state index in [2.05, 4.69) is 26.1 Å². The molecule has 186 valence electrons. The largest absolute Gasteiger partial charge is 0.497 e. The fourth-order valence-electron chi connectivity index (χ4n) is 2.56. The summed E-state index contributed by atoms with van der Waals surface area (Å²) in [5.41, 5.74) is 8.15. The number of benzene rings is 2. The number of nitrogens with one attached hydrogen (secondary N) is 4. The van der Waals surface area contributed by atoms with Crippen molar-refractivity contribution >= 4 is 35.0 Å². The molecular weight excluding hydrogens is 473 g/mol. The van der Waals surface area contributed by atoms with Crippen molar-refractivity contribution < 1.29 is 37.4 Å². The number of urea groups is 1. The molecule has 0 unspecified atom stereocenters. The highest BCUT2D eigenvalue weighted by molar-refractivity contribution is 6.00. The summed E-state index contributed by atoms with van der Waals surface area (Å²) in [5, 5.41) is 22.1. The normalized spacial score (nSPS) is 10.4. The van der Waals surface area contributed by atoms with Gasteiger partial charge in [-0.25, -0.2) is 9.59 Å². The number of alkyl halides is 3. The summed E-state index contributed by atoms with van der Waals surface area (Å²) in [5.74, 6) is -2.70. The van der Waals surface area contributed by atoms with E-state index in [0.717, 1.165) is 5.56 Å². The Balaban J connectivity index is 0.000000540. The van der Waals surface area contributed by atoms with Crippen LogP contribution in [0.15, 0.2) is 54.7 Å². The van der Waals surface area contributed by atoms with Crippen LogP contribution in [0.5, 0.6) is 5.75 Å². The summed E-state index contributed by atoms with van der Waals surface area (Å²) in [7, 11) is 1.56. The molecular formula is C21H21F3N6O5. The third-order valence-corrected chi connectivity index (χ3v) is 4.12. The SMILES string of the molecule is COc1cccc(NC(=O)Nc2cccc(CNc3cn[nH]c3C(N)=O)c2)c1.O=C(O)C(F)(F)F. The van der Waals surface area contributed by atoms with Crippen LogP contribution in [0.3, 0.4) is 0 Å². The van der Waals surface area contributed by atoms with E-state index in [9.17, 15) is 22.8 Å². The number of hydrogen-bond donors (Lipinski definition) is 6. The second-order valence-electron chi connectivity index (χ2n) is 6.69. The lowest BCUT2D eigenvalue weighted by Gasteiger charge is -2.10. The number of carbonyl (C=O) groups is 3. The second-order valence-corrected chi connectivity index (χ2v) is 6.69. The van der Waals surface area contributed by atoms with E-state index in [0.29, 0.717) is 29.4 Å². The molecule has 0 aliphatic heterocycles. The van der Waals surface area contributed by atoms with Gasteiger partial charge in [-0.3, -0.25) is 9.89 Å². The van der Waals surface area contributed by atoms with Crippen LogP contribution in [-0.4, -0.2) is 46.5 Å². The van der Waals surface area contributed by atoms with E-state index >= 15 is 0 Å². The minimum atomic E-state index is -5.08. The van der Waals surface area contributed by atoms with Crippen molar-refractivity contribution in [1.29, 1.82) is 0 Å². The van der Waals surface area contributed by atoms with Gasteiger partial charge in [-0.1, -0.05) is 18.2 Å². The number of ether oxygens (including phenoxy) is 1. The van der Waals surface area contributed by atoms with Crippen LogP contribution in [0.1, 0.15) is 16.1 Å². The highest BCUT2D eigenvalue weighted by Crippen LogP contribution is 2.18. The van der Waals surface area contributed by atoms with Gasteiger partial charge >= 0.3 is 18.2 Å². The molecule has 14 heteroatoms. The molecule has 3 aromatic rings. The standard InChI is InChI=1S/C19H20N6O3.C2HF3O2/c1-28-15-7-3-6-14(9-15)24-19(27)23-13-5-2-4-12(8-13)10-21-16-11-22-25-17(16)18(20)26;3-2(4,5)1(6)7/h2-9,11,21H,10H2,1H3,(H2,20,26)(H,22,25)(H2,23,24,27);(H,6,7). The Morgan fingerprint density at radius 1 is 1.09 bits per heavy atom. The number of nitrogens with two attached hydrogens (primary N) is 1. The molecule has 3 rings (SSSR count). The van der Waals surface area contributed by atoms with Crippen molar-refractivity contribution in [2.45, 2.75) is 12.7 Å². The Hall–Kier alpha value is -4.75. The van der Waals surface area contributed by atoms with Crippen molar-refractivity contribution in [3.63, 3.8) is 0 Å². The van der Waals surface area contributed by atoms with Gasteiger partial charge < -0.3 is 31.5 Å². The lowest BCUT2D eigenvalue weighted by atomic mass is 10.2. The van der Waals surface area contributed by atoms with Gasteiger partial charge in [0.05, 0.1) is 19.0 Å². The van der Waals surface area contributed by atoms with Gasteiger partial charge in [0.2, 0.25) is 0 Å². The third kappa shape index (κ3) is 8.60. The first-order valence-electron chi connectivity index (χ1n) is 9.67. The summed E-state index contributed by atoms with van der Waals surface area (Å²) < 4.78 is 36.9. The highest BCUT2D eigenvalue weighted by Gasteiger charge is 2.38. The molecule has 11 nitrogen and oxygen atoms in total. The van der Waals surface area contributed by atoms with Crippen LogP contribution in [0, 0.1) is 0 Å². The average Bonchev–Trinajstić information content (AvgIpc) is 3.27. The van der Waals surface area contributed by atoms with Crippen LogP contribution in [0.2, 0.25) is 0 Å². The van der Waals surface area contributed by atoms with E-state index < -0.39 is 18.1 Å². The van der Waals surface area contributed by atoms with Crippen molar-refractivity contribution in [1.82, 2.24) is 10.2 Å². The monoisotopic (exact) mass is 494 g/mol. The first-order chi connectivity index (χ1) is 16.5. The lowest BCUT2D eigenvalue weighted by Crippen LogP contribution is -2.21. The molecule has 0 bridgehead atoms. The van der Waals surface area contributed by atoms with E-state index in [4.69, 9.17) is 20.4 Å². The van der Waals surface area contributed by atoms with Gasteiger partial charge in [0, 0.05) is 24.0 Å². The zero-order chi connectivity index (χ0) is 26.0. The number of aliphatic carboxylic acids is 1. The summed E-state index contributed by atoms with van der Waals surface area (Å²) in [6.07, 6.45) is -3.59. The number of halogens is 3. The van der Waals surface area contributed by atoms with Crippen LogP contribution >= 0.6 is 0 Å². The molecule has 0 aliphatic rings. The lowest BCUT2D eigenvalue weighted by molar-refractivity contribution is -0.192. The fourth-order valence-corrected chi connectivity index (χ4v) is 2.56. The number of aromatic nitrogens is 2. The molecule has 2 aromatic carbocycles. The quantitative estimate of drug-likeness (QED) is 0.292. The van der Waals surface area contributed by atoms with E-state index in [-0.39, 0.29) is 11.7 Å². The summed E-state index contributed by atoms with van der Waals surface area (Å²) in [6.45, 7) is 0.423. The number of H-pyrrole nitrogens is 1. The zero-order valence-corrected chi connectivity index (χ0v) is 18.1. The molecule has 0 saturated carbocycles. The Morgan fingerprint density at radius 2 is 1.69 bits per heavy atom. The Kier molecular flexibility index (Phi) is 9.03. The molecule has 0 saturated heterocycles. The predicted molar refractivity (Wildman–Crippen MR) is 120 cm³/mol. The van der Waals surface area contributed by atoms with Crippen molar-refractivity contribution in [3.05, 3.63) is 66.0 Å². The molecule has 0 aliphatic carbocycles. The summed E-state index contributed by atoms with van der Waals surface area (Å²) in [6, 6.07) is 14.0. The van der Waals surface area contributed by atoms with Crippen molar-refractivity contribution in [2.24, 2.45) is 5.73 Å². The number of hydrogen-bond acceptors (Lipinski definition) is 6. The Labute approximate surface area is 196 Å². The van der Waals surface area contributed by atoms with E-state index in [1.165, 1.54) is 6.20 Å². The van der Waals surface area contributed by atoms with Gasteiger partial charge in [0.15, 0.2) is 0 Å². The van der Waals surface area contributed by atoms with Crippen LogP contribution < -0.4 is 26.4 Å². The number of primary amides is 1. The van der Waals surface area contributed by atoms with Gasteiger partial charge in [-0.15, -0.1) is 0 Å². The summed E-state index contributed by atoms with van der Waals surface area (Å²) in [4.78, 5) is 32.4. The first-order valence-corrected chi connectivity index (χ1v) is 9.67. The number of carbonyl (C=O) groups excluding carboxylic acids is 2. The molecule has 0 atom stereocenters. The maximum absolute atomic E-state index is 12.2. The average molecular weight is 494 g/mol. The Morgan fingerprint density at radius 3 is 2.26 bits per heavy atom. The number of rotatable bonds is 7. The topological polar surface area (TPSA) is 171 Å². The molecule has 0 spiro atoms. The van der Waals surface area contributed by atoms with Gasteiger partial charge in [0.25, 0.3) is 5.91 Å². The second kappa shape index (κ2) is 11.9. The van der Waals surface area contributed by atoms with Crippen LogP contribution in [0.25, 0.3) is 0 Å². The van der Waals surface area contributed by atoms with Gasteiger partial charge in [0.1, 0.15) is 11.4 Å². The molecule has 0 radical (unpaired) electrons. The summed E-state index contributed by atoms with van der Waals surface area (Å²) >= 11 is 0. The van der Waals surface area contributed by atoms with Gasteiger partial charge in [-0.05, 0) is 29.8 Å². The number of carboxylic acid groups (broad SMARTS) is 1. The fraction of sp³-hybridized carbons (Fsp3) is 0.143. The van der Waals surface area contributed by atoms with Crippen LogP contribution in [-0.2, 0) is 11.3 Å². The molecule has 3 amide bonds. The minimum Gasteiger partial charge on any atom is -0.497 e. The number of nitrogens with zero attached hydrogens (tertiary/aromatic N) is 1. The van der Waals surface area contributed by atoms with Crippen molar-refractivity contribution in [3.8, 4) is 5.75 Å². The number of carboxylic acids is 1. The first kappa shape index (κ1) is 26.5. The predicted octanol–water partition coefficient (Wildman–Crippen LogP) is 3.41. The van der Waals surface area contributed by atoms with E-state index in [1.807, 2.05) is 18.2 Å². The van der Waals surface area contributed by atoms with Gasteiger partial charge in [-0.2, -0.15) is 18.3 Å². The molecule has 1 heterocycles. The molecule has 35 heavy (non-hydrogen) atoms. The van der Waals surface area contributed by atoms with Crippen molar-refractivity contribution in [2.75, 3.05) is 23.1 Å². The van der Waals surface area contributed by atoms with Crippen LogP contribution in [0.4, 0.5) is 35.0 Å². The maximum atomic E-state index is 12.2. The third-order valence-electron chi connectivity index (χ3n) is 4.12. The molecule has 1 aromatic heterocycles. The maximum Gasteiger partial charge on any atom is 0.490 e.